The van der Waals surface area contributed by atoms with Gasteiger partial charge in [0.2, 0.25) is 0 Å². The zero-order chi connectivity index (χ0) is 22.6. The lowest BCUT2D eigenvalue weighted by Crippen LogP contribution is -2.54. The summed E-state index contributed by atoms with van der Waals surface area (Å²) in [5.41, 5.74) is 3.07. The van der Waals surface area contributed by atoms with E-state index in [-0.39, 0.29) is 17.6 Å². The molecule has 0 amide bonds. The second-order valence-corrected chi connectivity index (χ2v) is 12.5. The Morgan fingerprint density at radius 2 is 1.84 bits per heavy atom. The van der Waals surface area contributed by atoms with Crippen LogP contribution in [0.2, 0.25) is 0 Å². The van der Waals surface area contributed by atoms with Gasteiger partial charge in [-0.2, -0.15) is 0 Å². The van der Waals surface area contributed by atoms with E-state index in [9.17, 15) is 10.2 Å². The highest BCUT2D eigenvalue weighted by atomic mass is 16.3. The van der Waals surface area contributed by atoms with Crippen molar-refractivity contribution in [3.8, 4) is 0 Å². The van der Waals surface area contributed by atoms with Crippen LogP contribution >= 0.6 is 0 Å². The minimum Gasteiger partial charge on any atom is -0.389 e. The topological polar surface area (TPSA) is 40.5 Å². The molecule has 0 aromatic heterocycles. The summed E-state index contributed by atoms with van der Waals surface area (Å²) >= 11 is 0. The van der Waals surface area contributed by atoms with Gasteiger partial charge in [0.25, 0.3) is 0 Å². The number of rotatable bonds is 6. The van der Waals surface area contributed by atoms with Crippen LogP contribution in [0, 0.1) is 46.3 Å². The van der Waals surface area contributed by atoms with Crippen molar-refractivity contribution in [1.82, 2.24) is 0 Å². The van der Waals surface area contributed by atoms with Gasteiger partial charge in [0.05, 0.1) is 12.2 Å². The number of fused-ring (bicyclic) bond motifs is 5. The summed E-state index contributed by atoms with van der Waals surface area (Å²) in [6.45, 7) is 16.3. The molecule has 0 aromatic rings. The smallest absolute Gasteiger partial charge is 0.0759 e. The Bertz CT molecular complexity index is 710. The highest BCUT2D eigenvalue weighted by molar-refractivity contribution is 5.29. The van der Waals surface area contributed by atoms with Gasteiger partial charge < -0.3 is 10.2 Å². The molecule has 0 spiro atoms. The van der Waals surface area contributed by atoms with E-state index in [1.165, 1.54) is 56.1 Å². The monoisotopic (exact) mass is 428 g/mol. The lowest BCUT2D eigenvalue weighted by atomic mass is 9.46. The fourth-order valence-electron chi connectivity index (χ4n) is 9.20. The molecule has 4 aliphatic rings. The molecule has 4 aliphatic carbocycles. The first-order valence-corrected chi connectivity index (χ1v) is 13.4. The second-order valence-electron chi connectivity index (χ2n) is 12.5. The molecule has 0 aliphatic heterocycles. The van der Waals surface area contributed by atoms with Crippen molar-refractivity contribution in [3.63, 3.8) is 0 Å². The van der Waals surface area contributed by atoms with Gasteiger partial charge in [-0.1, -0.05) is 45.9 Å². The predicted molar refractivity (Wildman–Crippen MR) is 130 cm³/mol. The van der Waals surface area contributed by atoms with Gasteiger partial charge in [0, 0.05) is 0 Å². The van der Waals surface area contributed by atoms with Gasteiger partial charge in [0.1, 0.15) is 0 Å². The summed E-state index contributed by atoms with van der Waals surface area (Å²) in [5, 5.41) is 21.4. The van der Waals surface area contributed by atoms with E-state index in [0.717, 1.165) is 37.0 Å². The van der Waals surface area contributed by atoms with E-state index in [1.54, 1.807) is 0 Å². The van der Waals surface area contributed by atoms with E-state index in [1.807, 2.05) is 6.08 Å². The molecule has 0 unspecified atom stereocenters. The predicted octanol–water partition coefficient (Wildman–Crippen LogP) is 6.92. The normalized spacial score (nSPS) is 46.4. The zero-order valence-electron chi connectivity index (χ0n) is 20.9. The van der Waals surface area contributed by atoms with Crippen molar-refractivity contribution in [3.05, 3.63) is 23.8 Å². The highest BCUT2D eigenvalue weighted by Crippen LogP contribution is 2.67. The molecule has 0 radical (unpaired) electrons. The molecule has 10 atom stereocenters. The maximum atomic E-state index is 11.1. The minimum absolute atomic E-state index is 0.0996. The van der Waals surface area contributed by atoms with E-state index < -0.39 is 0 Å². The fraction of sp³-hybridized carbons (Fsp3) is 0.862. The molecule has 2 N–H and O–H groups in total. The molecule has 31 heavy (non-hydrogen) atoms. The average Bonchev–Trinajstić information content (AvgIpc) is 3.07. The maximum Gasteiger partial charge on any atom is 0.0759 e. The Morgan fingerprint density at radius 3 is 2.52 bits per heavy atom. The first-order valence-electron chi connectivity index (χ1n) is 13.4. The number of aliphatic hydroxyl groups is 2. The lowest BCUT2D eigenvalue weighted by Gasteiger charge is -2.60. The molecule has 0 heterocycles. The average molecular weight is 429 g/mol. The van der Waals surface area contributed by atoms with Crippen LogP contribution in [0.3, 0.4) is 0 Å². The largest absolute Gasteiger partial charge is 0.389 e. The fourth-order valence-corrected chi connectivity index (χ4v) is 9.20. The van der Waals surface area contributed by atoms with Crippen molar-refractivity contribution < 1.29 is 10.2 Å². The number of hydrogen-bond acceptors (Lipinski definition) is 2. The zero-order valence-corrected chi connectivity index (χ0v) is 20.9. The third kappa shape index (κ3) is 3.88. The SMILES string of the molecule is C=C(C)[C@H](CC)CC[C@@H](C)[C@H]1CC[C@H]2[C@@H]3C[C@H](O)C4=C[C@@H](O)CC[C@]4(C)[C@H]3CC[C@]12C. The van der Waals surface area contributed by atoms with Crippen molar-refractivity contribution >= 4 is 0 Å². The van der Waals surface area contributed by atoms with E-state index in [0.29, 0.717) is 23.2 Å². The van der Waals surface area contributed by atoms with Crippen molar-refractivity contribution in [2.45, 2.75) is 111 Å². The highest BCUT2D eigenvalue weighted by Gasteiger charge is 2.60. The molecular formula is C29H48O2. The Morgan fingerprint density at radius 1 is 1.10 bits per heavy atom. The molecular weight excluding hydrogens is 380 g/mol. The van der Waals surface area contributed by atoms with Gasteiger partial charge >= 0.3 is 0 Å². The van der Waals surface area contributed by atoms with Crippen LogP contribution in [0.5, 0.6) is 0 Å². The van der Waals surface area contributed by atoms with Crippen LogP contribution in [0.15, 0.2) is 23.8 Å². The van der Waals surface area contributed by atoms with Gasteiger partial charge in [0.15, 0.2) is 0 Å². The summed E-state index contributed by atoms with van der Waals surface area (Å²) in [7, 11) is 0. The molecule has 0 aromatic carbocycles. The number of aliphatic hydroxyl groups excluding tert-OH is 2. The maximum absolute atomic E-state index is 11.1. The number of hydrogen-bond donors (Lipinski definition) is 2. The standard InChI is InChI=1S/C29H48O2/c1-7-20(18(2)3)9-8-19(4)23-10-11-24-22-17-27(31)26-16-21(30)12-14-29(26,6)25(22)13-15-28(23,24)5/h16,19-25,27,30-31H,2,7-15,17H2,1,3-6H3/t19-,20-,21+,22+,23-,24+,25+,27+,28-,29-/m1/s1. The van der Waals surface area contributed by atoms with Gasteiger partial charge in [-0.25, -0.2) is 0 Å². The molecule has 0 saturated heterocycles. The van der Waals surface area contributed by atoms with Crippen LogP contribution in [0.1, 0.15) is 98.8 Å². The summed E-state index contributed by atoms with van der Waals surface area (Å²) in [6.07, 6.45) is 13.4. The van der Waals surface area contributed by atoms with Crippen LogP contribution in [-0.2, 0) is 0 Å². The molecule has 176 valence electrons. The van der Waals surface area contributed by atoms with Crippen molar-refractivity contribution in [2.24, 2.45) is 46.3 Å². The van der Waals surface area contributed by atoms with Crippen LogP contribution in [0.25, 0.3) is 0 Å². The lowest BCUT2D eigenvalue weighted by molar-refractivity contribution is -0.0874. The van der Waals surface area contributed by atoms with Gasteiger partial charge in [-0.05, 0) is 123 Å². The third-order valence-corrected chi connectivity index (χ3v) is 11.0. The molecule has 0 bridgehead atoms. The summed E-state index contributed by atoms with van der Waals surface area (Å²) in [5.74, 6) is 4.41. The molecule has 3 fully saturated rings. The van der Waals surface area contributed by atoms with Crippen LogP contribution in [0.4, 0.5) is 0 Å². The van der Waals surface area contributed by atoms with E-state index in [2.05, 4.69) is 41.2 Å². The third-order valence-electron chi connectivity index (χ3n) is 11.0. The Kier molecular flexibility index (Phi) is 6.56. The number of allylic oxidation sites excluding steroid dienone is 1. The van der Waals surface area contributed by atoms with Crippen LogP contribution in [-0.4, -0.2) is 22.4 Å². The summed E-state index contributed by atoms with van der Waals surface area (Å²) in [4.78, 5) is 0. The summed E-state index contributed by atoms with van der Waals surface area (Å²) < 4.78 is 0. The van der Waals surface area contributed by atoms with E-state index >= 15 is 0 Å². The Hall–Kier alpha value is -0.600. The second kappa shape index (κ2) is 8.64. The van der Waals surface area contributed by atoms with Crippen molar-refractivity contribution in [1.29, 1.82) is 0 Å². The quantitative estimate of drug-likeness (QED) is 0.451. The van der Waals surface area contributed by atoms with Crippen molar-refractivity contribution in [2.75, 3.05) is 0 Å². The first kappa shape index (κ1) is 23.6. The molecule has 3 saturated carbocycles. The Labute approximate surface area is 191 Å². The first-order chi connectivity index (χ1) is 14.6. The summed E-state index contributed by atoms with van der Waals surface area (Å²) in [6, 6.07) is 0. The van der Waals surface area contributed by atoms with Gasteiger partial charge in [-0.15, -0.1) is 0 Å². The van der Waals surface area contributed by atoms with Gasteiger partial charge in [-0.3, -0.25) is 0 Å². The Balaban J connectivity index is 1.51. The molecule has 4 rings (SSSR count). The van der Waals surface area contributed by atoms with E-state index in [4.69, 9.17) is 0 Å². The minimum atomic E-state index is -0.356. The molecule has 2 nitrogen and oxygen atoms in total. The van der Waals surface area contributed by atoms with Crippen LogP contribution < -0.4 is 0 Å². The molecule has 2 heteroatoms.